The number of nitrogens with two attached hydrogens (primary N) is 1. The van der Waals surface area contributed by atoms with Crippen LogP contribution in [0.5, 0.6) is 0 Å². The Morgan fingerprint density at radius 2 is 1.91 bits per heavy atom. The summed E-state index contributed by atoms with van der Waals surface area (Å²) in [5, 5.41) is -0.207. The highest BCUT2D eigenvalue weighted by Crippen LogP contribution is 2.23. The number of rotatable bonds is 4. The maximum Gasteiger partial charge on any atom is 0.261 e. The summed E-state index contributed by atoms with van der Waals surface area (Å²) in [5.74, 6) is -1.38. The first kappa shape index (κ1) is 16.3. The van der Waals surface area contributed by atoms with Gasteiger partial charge in [-0.1, -0.05) is 17.7 Å². The van der Waals surface area contributed by atoms with Gasteiger partial charge in [0.25, 0.3) is 10.0 Å². The summed E-state index contributed by atoms with van der Waals surface area (Å²) in [4.78, 5) is 11.2. The fourth-order valence-electron chi connectivity index (χ4n) is 1.81. The summed E-state index contributed by atoms with van der Waals surface area (Å²) in [5.41, 5.74) is 5.98. The van der Waals surface area contributed by atoms with Gasteiger partial charge in [0.05, 0.1) is 15.6 Å². The van der Waals surface area contributed by atoms with E-state index in [-0.39, 0.29) is 21.2 Å². The van der Waals surface area contributed by atoms with Gasteiger partial charge in [-0.3, -0.25) is 9.52 Å². The molecule has 22 heavy (non-hydrogen) atoms. The summed E-state index contributed by atoms with van der Waals surface area (Å²) >= 11 is 5.61. The Bertz CT molecular complexity index is 853. The molecule has 0 aliphatic heterocycles. The number of hydrogen-bond donors (Lipinski definition) is 2. The first-order chi connectivity index (χ1) is 10.2. The quantitative estimate of drug-likeness (QED) is 0.895. The number of sulfonamides is 1. The van der Waals surface area contributed by atoms with E-state index in [4.69, 9.17) is 17.3 Å². The molecule has 0 aliphatic carbocycles. The van der Waals surface area contributed by atoms with Crippen molar-refractivity contribution in [1.29, 1.82) is 0 Å². The summed E-state index contributed by atoms with van der Waals surface area (Å²) in [6.45, 7) is 1.64. The van der Waals surface area contributed by atoms with Crippen molar-refractivity contribution in [3.63, 3.8) is 0 Å². The molecule has 2 rings (SSSR count). The van der Waals surface area contributed by atoms with E-state index in [1.165, 1.54) is 24.3 Å². The lowest BCUT2D eigenvalue weighted by Crippen LogP contribution is -2.17. The van der Waals surface area contributed by atoms with Crippen LogP contribution >= 0.6 is 11.6 Å². The summed E-state index contributed by atoms with van der Waals surface area (Å²) in [6.07, 6.45) is 0. The third-order valence-corrected chi connectivity index (χ3v) is 4.63. The number of carbonyl (C=O) groups excluding carboxylic acids is 1. The van der Waals surface area contributed by atoms with E-state index in [1.54, 1.807) is 6.92 Å². The van der Waals surface area contributed by atoms with Gasteiger partial charge < -0.3 is 5.73 Å². The molecule has 0 saturated carbocycles. The van der Waals surface area contributed by atoms with Crippen molar-refractivity contribution in [2.75, 3.05) is 4.72 Å². The van der Waals surface area contributed by atoms with E-state index in [0.29, 0.717) is 5.56 Å². The molecule has 2 aromatic rings. The first-order valence-corrected chi connectivity index (χ1v) is 7.95. The number of hydrogen-bond acceptors (Lipinski definition) is 3. The van der Waals surface area contributed by atoms with Crippen LogP contribution in [0.15, 0.2) is 41.3 Å². The van der Waals surface area contributed by atoms with E-state index in [9.17, 15) is 17.6 Å². The van der Waals surface area contributed by atoms with Crippen molar-refractivity contribution >= 4 is 33.2 Å². The van der Waals surface area contributed by atoms with Crippen molar-refractivity contribution in [3.8, 4) is 0 Å². The van der Waals surface area contributed by atoms with Gasteiger partial charge in [-0.15, -0.1) is 0 Å². The molecule has 0 bridgehead atoms. The molecular weight excluding hydrogens is 331 g/mol. The van der Waals surface area contributed by atoms with Gasteiger partial charge in [0.1, 0.15) is 5.82 Å². The number of primary amides is 1. The fourth-order valence-corrected chi connectivity index (χ4v) is 3.06. The van der Waals surface area contributed by atoms with Gasteiger partial charge in [0.15, 0.2) is 0 Å². The minimum atomic E-state index is -3.95. The SMILES string of the molecule is Cc1ccc(S(=O)(=O)Nc2ccc(F)c(Cl)c2)cc1C(N)=O. The van der Waals surface area contributed by atoms with Crippen molar-refractivity contribution in [1.82, 2.24) is 0 Å². The van der Waals surface area contributed by atoms with E-state index in [1.807, 2.05) is 0 Å². The average Bonchev–Trinajstić information content (AvgIpc) is 2.42. The topological polar surface area (TPSA) is 89.3 Å². The van der Waals surface area contributed by atoms with Crippen LogP contribution in [0.2, 0.25) is 5.02 Å². The van der Waals surface area contributed by atoms with E-state index in [0.717, 1.165) is 12.1 Å². The number of anilines is 1. The molecule has 0 unspecified atom stereocenters. The molecule has 2 aromatic carbocycles. The van der Waals surface area contributed by atoms with E-state index >= 15 is 0 Å². The number of halogens is 2. The zero-order valence-electron chi connectivity index (χ0n) is 11.4. The van der Waals surface area contributed by atoms with E-state index in [2.05, 4.69) is 4.72 Å². The molecule has 116 valence electrons. The van der Waals surface area contributed by atoms with E-state index < -0.39 is 21.7 Å². The Morgan fingerprint density at radius 3 is 2.50 bits per heavy atom. The molecule has 5 nitrogen and oxygen atoms in total. The van der Waals surface area contributed by atoms with Gasteiger partial charge in [0, 0.05) is 5.56 Å². The number of nitrogens with one attached hydrogen (secondary N) is 1. The summed E-state index contributed by atoms with van der Waals surface area (Å²) < 4.78 is 39.9. The number of benzene rings is 2. The van der Waals surface area contributed by atoms with Crippen LogP contribution in [0, 0.1) is 12.7 Å². The Kier molecular flexibility index (Phi) is 4.39. The van der Waals surface area contributed by atoms with Gasteiger partial charge in [-0.25, -0.2) is 12.8 Å². The normalized spacial score (nSPS) is 11.2. The molecule has 0 fully saturated rings. The predicted molar refractivity (Wildman–Crippen MR) is 81.9 cm³/mol. The third-order valence-electron chi connectivity index (χ3n) is 2.96. The van der Waals surface area contributed by atoms with Gasteiger partial charge >= 0.3 is 0 Å². The molecule has 0 aliphatic rings. The van der Waals surface area contributed by atoms with Gasteiger partial charge in [-0.2, -0.15) is 0 Å². The zero-order chi connectivity index (χ0) is 16.5. The van der Waals surface area contributed by atoms with Crippen LogP contribution < -0.4 is 10.5 Å². The number of carbonyl (C=O) groups is 1. The van der Waals surface area contributed by atoms with Crippen molar-refractivity contribution < 1.29 is 17.6 Å². The second-order valence-corrected chi connectivity index (χ2v) is 6.66. The summed E-state index contributed by atoms with van der Waals surface area (Å²) in [7, 11) is -3.95. The number of amides is 1. The predicted octanol–water partition coefficient (Wildman–Crippen LogP) is 2.69. The van der Waals surface area contributed by atoms with Crippen molar-refractivity contribution in [2.45, 2.75) is 11.8 Å². The summed E-state index contributed by atoms with van der Waals surface area (Å²) in [6, 6.07) is 7.44. The van der Waals surface area contributed by atoms with Crippen LogP contribution in [0.3, 0.4) is 0 Å². The lowest BCUT2D eigenvalue weighted by molar-refractivity contribution is 0.0999. The van der Waals surface area contributed by atoms with Gasteiger partial charge in [-0.05, 0) is 42.8 Å². The van der Waals surface area contributed by atoms with Gasteiger partial charge in [0.2, 0.25) is 5.91 Å². The lowest BCUT2D eigenvalue weighted by Gasteiger charge is -2.10. The largest absolute Gasteiger partial charge is 0.366 e. The Hall–Kier alpha value is -2.12. The molecule has 0 spiro atoms. The van der Waals surface area contributed by atoms with Crippen molar-refractivity contribution in [3.05, 3.63) is 58.4 Å². The van der Waals surface area contributed by atoms with Crippen LogP contribution in [-0.2, 0) is 10.0 Å². The second-order valence-electron chi connectivity index (χ2n) is 4.58. The van der Waals surface area contributed by atoms with Crippen LogP contribution in [0.25, 0.3) is 0 Å². The van der Waals surface area contributed by atoms with Crippen LogP contribution in [-0.4, -0.2) is 14.3 Å². The Morgan fingerprint density at radius 1 is 1.23 bits per heavy atom. The Balaban J connectivity index is 2.40. The minimum Gasteiger partial charge on any atom is -0.366 e. The maximum atomic E-state index is 13.1. The molecule has 0 atom stereocenters. The standard InChI is InChI=1S/C14H12ClFN2O3S/c1-8-2-4-10(7-11(8)14(17)19)22(20,21)18-9-3-5-13(16)12(15)6-9/h2-7,18H,1H3,(H2,17,19). The second kappa shape index (κ2) is 5.94. The molecule has 0 radical (unpaired) electrons. The lowest BCUT2D eigenvalue weighted by atomic mass is 10.1. The molecule has 8 heteroatoms. The molecule has 0 saturated heterocycles. The number of aryl methyl sites for hydroxylation is 1. The van der Waals surface area contributed by atoms with Crippen LogP contribution in [0.4, 0.5) is 10.1 Å². The highest BCUT2D eigenvalue weighted by Gasteiger charge is 2.17. The molecular formula is C14H12ClFN2O3S. The molecule has 1 amide bonds. The maximum absolute atomic E-state index is 13.1. The van der Waals surface area contributed by atoms with Crippen molar-refractivity contribution in [2.24, 2.45) is 5.73 Å². The van der Waals surface area contributed by atoms with Crippen LogP contribution in [0.1, 0.15) is 15.9 Å². The molecule has 0 aromatic heterocycles. The highest BCUT2D eigenvalue weighted by molar-refractivity contribution is 7.92. The smallest absolute Gasteiger partial charge is 0.261 e. The average molecular weight is 343 g/mol. The fraction of sp³-hybridized carbons (Fsp3) is 0.0714. The Labute approximate surface area is 131 Å². The molecule has 3 N–H and O–H groups in total. The zero-order valence-corrected chi connectivity index (χ0v) is 13.0. The first-order valence-electron chi connectivity index (χ1n) is 6.09. The molecule has 0 heterocycles. The highest BCUT2D eigenvalue weighted by atomic mass is 35.5. The minimum absolute atomic E-state index is 0.104. The monoisotopic (exact) mass is 342 g/mol. The third kappa shape index (κ3) is 3.37.